The van der Waals surface area contributed by atoms with E-state index in [0.717, 1.165) is 29.9 Å². The Hall–Kier alpha value is -3.11. The second-order valence-electron chi connectivity index (χ2n) is 7.69. The SMILES string of the molecule is CCCc1cc(-c2nnc(SCC(=O)Nc3c(C)n(C)n(-c4ccccc4)c3=O)n2C)cs1. The summed E-state index contributed by atoms with van der Waals surface area (Å²) in [5.74, 6) is 0.632. The molecule has 4 aromatic rings. The van der Waals surface area contributed by atoms with Crippen LogP contribution in [0.3, 0.4) is 0 Å². The number of carbonyl (C=O) groups is 1. The summed E-state index contributed by atoms with van der Waals surface area (Å²) in [6.45, 7) is 3.97. The zero-order valence-corrected chi connectivity index (χ0v) is 20.7. The molecule has 33 heavy (non-hydrogen) atoms. The molecule has 10 heteroatoms. The van der Waals surface area contributed by atoms with Gasteiger partial charge in [0, 0.05) is 29.9 Å². The van der Waals surface area contributed by atoms with Crippen molar-refractivity contribution in [1.29, 1.82) is 0 Å². The highest BCUT2D eigenvalue weighted by Crippen LogP contribution is 2.27. The molecule has 0 fully saturated rings. The van der Waals surface area contributed by atoms with E-state index in [0.29, 0.717) is 10.9 Å². The average molecular weight is 483 g/mol. The molecule has 0 bridgehead atoms. The van der Waals surface area contributed by atoms with Gasteiger partial charge >= 0.3 is 0 Å². The number of carbonyl (C=O) groups excluding carboxylic acids is 1. The van der Waals surface area contributed by atoms with E-state index < -0.39 is 0 Å². The summed E-state index contributed by atoms with van der Waals surface area (Å²) in [5, 5.41) is 14.1. The van der Waals surface area contributed by atoms with Crippen molar-refractivity contribution < 1.29 is 4.79 Å². The molecule has 0 saturated heterocycles. The summed E-state index contributed by atoms with van der Waals surface area (Å²) in [4.78, 5) is 27.0. The van der Waals surface area contributed by atoms with Gasteiger partial charge in [0.15, 0.2) is 11.0 Å². The summed E-state index contributed by atoms with van der Waals surface area (Å²) in [5.41, 5.74) is 2.48. The summed E-state index contributed by atoms with van der Waals surface area (Å²) in [6.07, 6.45) is 2.15. The van der Waals surface area contributed by atoms with Crippen LogP contribution >= 0.6 is 23.1 Å². The minimum absolute atomic E-state index is 0.121. The lowest BCUT2D eigenvalue weighted by Gasteiger charge is -2.07. The molecule has 8 nitrogen and oxygen atoms in total. The van der Waals surface area contributed by atoms with Crippen LogP contribution in [-0.2, 0) is 25.3 Å². The number of nitrogens with zero attached hydrogens (tertiary/aromatic N) is 5. The van der Waals surface area contributed by atoms with Gasteiger partial charge in [-0.25, -0.2) is 4.68 Å². The number of rotatable bonds is 8. The molecule has 1 aromatic carbocycles. The van der Waals surface area contributed by atoms with Crippen molar-refractivity contribution in [2.24, 2.45) is 14.1 Å². The van der Waals surface area contributed by atoms with Gasteiger partial charge in [0.2, 0.25) is 5.91 Å². The van der Waals surface area contributed by atoms with Gasteiger partial charge in [-0.2, -0.15) is 0 Å². The van der Waals surface area contributed by atoms with Gasteiger partial charge in [-0.15, -0.1) is 21.5 Å². The molecular weight excluding hydrogens is 456 g/mol. The van der Waals surface area contributed by atoms with E-state index in [4.69, 9.17) is 0 Å². The van der Waals surface area contributed by atoms with Gasteiger partial charge in [-0.1, -0.05) is 43.3 Å². The standard InChI is InChI=1S/C23H26N6O2S2/c1-5-9-18-12-16(13-32-18)21-25-26-23(27(21)3)33-14-19(30)24-20-15(2)28(4)29(22(20)31)17-10-7-6-8-11-17/h6-8,10-13H,5,9,14H2,1-4H3,(H,24,30). The zero-order valence-electron chi connectivity index (χ0n) is 19.0. The number of amides is 1. The Morgan fingerprint density at radius 2 is 1.94 bits per heavy atom. The van der Waals surface area contributed by atoms with Crippen molar-refractivity contribution in [2.75, 3.05) is 11.1 Å². The van der Waals surface area contributed by atoms with Crippen molar-refractivity contribution in [3.05, 3.63) is 62.7 Å². The first-order valence-electron chi connectivity index (χ1n) is 10.6. The summed E-state index contributed by atoms with van der Waals surface area (Å²) in [6, 6.07) is 11.5. The molecule has 0 radical (unpaired) electrons. The van der Waals surface area contributed by atoms with E-state index in [1.54, 1.807) is 27.7 Å². The average Bonchev–Trinajstić information content (AvgIpc) is 3.47. The van der Waals surface area contributed by atoms with E-state index in [1.807, 2.05) is 48.9 Å². The number of hydrogen-bond acceptors (Lipinski definition) is 6. The molecule has 4 rings (SSSR count). The van der Waals surface area contributed by atoms with E-state index in [9.17, 15) is 9.59 Å². The molecule has 3 aromatic heterocycles. The number of anilines is 1. The Morgan fingerprint density at radius 3 is 2.67 bits per heavy atom. The Morgan fingerprint density at radius 1 is 1.18 bits per heavy atom. The van der Waals surface area contributed by atoms with Gasteiger partial charge in [-0.3, -0.25) is 14.3 Å². The number of para-hydroxylation sites is 1. The van der Waals surface area contributed by atoms with Gasteiger partial charge in [0.1, 0.15) is 5.69 Å². The molecule has 0 spiro atoms. The summed E-state index contributed by atoms with van der Waals surface area (Å²) in [7, 11) is 3.69. The second kappa shape index (κ2) is 9.80. The van der Waals surface area contributed by atoms with E-state index in [1.165, 1.54) is 16.6 Å². The van der Waals surface area contributed by atoms with Crippen LogP contribution in [0.4, 0.5) is 5.69 Å². The van der Waals surface area contributed by atoms with Crippen molar-refractivity contribution in [2.45, 2.75) is 31.8 Å². The lowest BCUT2D eigenvalue weighted by atomic mass is 10.2. The molecule has 0 aliphatic carbocycles. The smallest absolute Gasteiger partial charge is 0.295 e. The van der Waals surface area contributed by atoms with Crippen LogP contribution in [0.2, 0.25) is 0 Å². The molecule has 0 aliphatic rings. The maximum Gasteiger partial charge on any atom is 0.295 e. The number of benzene rings is 1. The number of aromatic nitrogens is 5. The van der Waals surface area contributed by atoms with Gasteiger partial charge < -0.3 is 9.88 Å². The Kier molecular flexibility index (Phi) is 6.85. The number of nitrogens with one attached hydrogen (secondary N) is 1. The molecule has 3 heterocycles. The molecule has 0 unspecified atom stereocenters. The maximum atomic E-state index is 13.0. The quantitative estimate of drug-likeness (QED) is 0.383. The third kappa shape index (κ3) is 4.67. The molecule has 0 saturated carbocycles. The van der Waals surface area contributed by atoms with Crippen LogP contribution in [0.5, 0.6) is 0 Å². The highest BCUT2D eigenvalue weighted by atomic mass is 32.2. The maximum absolute atomic E-state index is 13.0. The van der Waals surface area contributed by atoms with Crippen LogP contribution < -0.4 is 10.9 Å². The summed E-state index contributed by atoms with van der Waals surface area (Å²) >= 11 is 3.02. The molecule has 172 valence electrons. The Bertz CT molecular complexity index is 1330. The normalized spacial score (nSPS) is 11.2. The Balaban J connectivity index is 1.46. The fourth-order valence-electron chi connectivity index (χ4n) is 3.59. The molecule has 1 amide bonds. The Labute approximate surface area is 200 Å². The van der Waals surface area contributed by atoms with Crippen LogP contribution in [0, 0.1) is 6.92 Å². The van der Waals surface area contributed by atoms with Gasteiger partial charge in [0.25, 0.3) is 5.56 Å². The van der Waals surface area contributed by atoms with Gasteiger partial charge in [-0.05, 0) is 31.5 Å². The van der Waals surface area contributed by atoms with E-state index >= 15 is 0 Å². The van der Waals surface area contributed by atoms with Crippen LogP contribution in [0.15, 0.2) is 51.7 Å². The fraction of sp³-hybridized carbons (Fsp3) is 0.304. The molecule has 1 N–H and O–H groups in total. The number of hydrogen-bond donors (Lipinski definition) is 1. The molecule has 0 atom stereocenters. The van der Waals surface area contributed by atoms with E-state index in [2.05, 4.69) is 33.9 Å². The van der Waals surface area contributed by atoms with Gasteiger partial charge in [0.05, 0.1) is 17.1 Å². The van der Waals surface area contributed by atoms with Crippen molar-refractivity contribution in [3.63, 3.8) is 0 Å². The monoisotopic (exact) mass is 482 g/mol. The fourth-order valence-corrected chi connectivity index (χ4v) is 5.27. The third-order valence-electron chi connectivity index (χ3n) is 5.39. The third-order valence-corrected chi connectivity index (χ3v) is 7.41. The number of aryl methyl sites for hydroxylation is 1. The molecule has 0 aliphatic heterocycles. The lowest BCUT2D eigenvalue weighted by Crippen LogP contribution is -2.23. The predicted octanol–water partition coefficient (Wildman–Crippen LogP) is 4.02. The highest BCUT2D eigenvalue weighted by Gasteiger charge is 2.19. The first kappa shape index (κ1) is 23.1. The predicted molar refractivity (Wildman–Crippen MR) is 133 cm³/mol. The molecular formula is C23H26N6O2S2. The van der Waals surface area contributed by atoms with Crippen molar-refractivity contribution in [3.8, 4) is 17.1 Å². The summed E-state index contributed by atoms with van der Waals surface area (Å²) < 4.78 is 5.18. The van der Waals surface area contributed by atoms with Crippen LogP contribution in [0.25, 0.3) is 17.1 Å². The van der Waals surface area contributed by atoms with Crippen LogP contribution in [-0.4, -0.2) is 35.8 Å². The largest absolute Gasteiger partial charge is 0.319 e. The minimum Gasteiger partial charge on any atom is -0.319 e. The minimum atomic E-state index is -0.267. The van der Waals surface area contributed by atoms with Crippen molar-refractivity contribution in [1.82, 2.24) is 24.1 Å². The first-order chi connectivity index (χ1) is 15.9. The number of thiophene rings is 1. The topological polar surface area (TPSA) is 86.7 Å². The lowest BCUT2D eigenvalue weighted by molar-refractivity contribution is -0.113. The first-order valence-corrected chi connectivity index (χ1v) is 12.5. The zero-order chi connectivity index (χ0) is 23.5. The van der Waals surface area contributed by atoms with E-state index in [-0.39, 0.29) is 22.9 Å². The number of thioether (sulfide) groups is 1. The highest BCUT2D eigenvalue weighted by molar-refractivity contribution is 7.99. The second-order valence-corrected chi connectivity index (χ2v) is 9.63. The van der Waals surface area contributed by atoms with Crippen LogP contribution in [0.1, 0.15) is 23.9 Å². The van der Waals surface area contributed by atoms with Crippen molar-refractivity contribution >= 4 is 34.7 Å².